The van der Waals surface area contributed by atoms with Crippen LogP contribution in [0.4, 0.5) is 11.4 Å². The van der Waals surface area contributed by atoms with Gasteiger partial charge in [0.1, 0.15) is 0 Å². The van der Waals surface area contributed by atoms with Crippen molar-refractivity contribution in [3.8, 4) is 0 Å². The fraction of sp³-hybridized carbons (Fsp3) is 0.429. The van der Waals surface area contributed by atoms with Crippen LogP contribution in [0.15, 0.2) is 18.2 Å². The lowest BCUT2D eigenvalue weighted by Gasteiger charge is -2.11. The lowest BCUT2D eigenvalue weighted by atomic mass is 10.1. The molecule has 0 saturated carbocycles. The minimum atomic E-state index is -0.122. The number of carbonyl (C=O) groups is 2. The first-order valence-electron chi connectivity index (χ1n) is 6.06. The van der Waals surface area contributed by atoms with Gasteiger partial charge in [0.05, 0.1) is 0 Å². The fourth-order valence-electron chi connectivity index (χ4n) is 1.61. The third-order valence-electron chi connectivity index (χ3n) is 2.43. The molecule has 0 spiro atoms. The maximum absolute atomic E-state index is 11.6. The monoisotopic (exact) mass is 248 g/mol. The number of aryl methyl sites for hydroxylation is 1. The van der Waals surface area contributed by atoms with Gasteiger partial charge in [-0.2, -0.15) is 0 Å². The van der Waals surface area contributed by atoms with E-state index in [9.17, 15) is 9.59 Å². The van der Waals surface area contributed by atoms with Gasteiger partial charge in [-0.15, -0.1) is 0 Å². The van der Waals surface area contributed by atoms with Crippen LogP contribution in [-0.2, 0) is 9.59 Å². The molecule has 0 aliphatic heterocycles. The number of anilines is 2. The molecular weight excluding hydrogens is 228 g/mol. The number of hydrogen-bond acceptors (Lipinski definition) is 2. The third-order valence-corrected chi connectivity index (χ3v) is 2.43. The molecule has 4 heteroatoms. The molecule has 0 unspecified atom stereocenters. The van der Waals surface area contributed by atoms with E-state index in [0.717, 1.165) is 11.3 Å². The zero-order valence-corrected chi connectivity index (χ0v) is 11.3. The zero-order valence-electron chi connectivity index (χ0n) is 11.3. The molecule has 0 aromatic heterocycles. The van der Waals surface area contributed by atoms with Crippen molar-refractivity contribution in [2.24, 2.45) is 5.92 Å². The molecule has 0 radical (unpaired) electrons. The summed E-state index contributed by atoms with van der Waals surface area (Å²) >= 11 is 0. The second-order valence-electron chi connectivity index (χ2n) is 4.86. The van der Waals surface area contributed by atoms with Crippen LogP contribution in [0.25, 0.3) is 0 Å². The maximum atomic E-state index is 11.6. The summed E-state index contributed by atoms with van der Waals surface area (Å²) in [6.45, 7) is 7.36. The Hall–Kier alpha value is -1.84. The average molecular weight is 248 g/mol. The first kappa shape index (κ1) is 14.2. The summed E-state index contributed by atoms with van der Waals surface area (Å²) < 4.78 is 0. The van der Waals surface area contributed by atoms with Gasteiger partial charge in [0.25, 0.3) is 0 Å². The molecule has 0 heterocycles. The van der Waals surface area contributed by atoms with E-state index in [0.29, 0.717) is 18.0 Å². The van der Waals surface area contributed by atoms with Gasteiger partial charge in [0.2, 0.25) is 11.8 Å². The van der Waals surface area contributed by atoms with Crippen LogP contribution in [0.5, 0.6) is 0 Å². The van der Waals surface area contributed by atoms with E-state index in [4.69, 9.17) is 0 Å². The van der Waals surface area contributed by atoms with Crippen molar-refractivity contribution in [3.63, 3.8) is 0 Å². The molecule has 2 N–H and O–H groups in total. The van der Waals surface area contributed by atoms with Crippen molar-refractivity contribution >= 4 is 23.2 Å². The molecule has 1 aromatic carbocycles. The molecule has 0 aliphatic rings. The topological polar surface area (TPSA) is 58.2 Å². The van der Waals surface area contributed by atoms with Crippen molar-refractivity contribution < 1.29 is 9.59 Å². The van der Waals surface area contributed by atoms with Crippen molar-refractivity contribution in [1.82, 2.24) is 0 Å². The Bertz CT molecular complexity index is 453. The Kier molecular flexibility index (Phi) is 4.89. The van der Waals surface area contributed by atoms with Gasteiger partial charge in [-0.25, -0.2) is 0 Å². The van der Waals surface area contributed by atoms with E-state index in [1.807, 2.05) is 32.9 Å². The fourth-order valence-corrected chi connectivity index (χ4v) is 1.61. The molecule has 1 rings (SSSR count). The van der Waals surface area contributed by atoms with Gasteiger partial charge in [-0.3, -0.25) is 9.59 Å². The van der Waals surface area contributed by atoms with Crippen LogP contribution in [-0.4, -0.2) is 11.8 Å². The molecule has 2 amide bonds. The molecule has 4 nitrogen and oxygen atoms in total. The summed E-state index contributed by atoms with van der Waals surface area (Å²) in [7, 11) is 0. The minimum absolute atomic E-state index is 0.0115. The van der Waals surface area contributed by atoms with E-state index < -0.39 is 0 Å². The molecule has 0 atom stereocenters. The highest BCUT2D eigenvalue weighted by Crippen LogP contribution is 2.20. The van der Waals surface area contributed by atoms with E-state index in [1.54, 1.807) is 6.07 Å². The predicted octanol–water partition coefficient (Wildman–Crippen LogP) is 2.94. The Morgan fingerprint density at radius 1 is 1.22 bits per heavy atom. The third kappa shape index (κ3) is 4.57. The van der Waals surface area contributed by atoms with Crippen molar-refractivity contribution in [2.75, 3.05) is 10.6 Å². The summed E-state index contributed by atoms with van der Waals surface area (Å²) in [4.78, 5) is 22.7. The number of amides is 2. The van der Waals surface area contributed by atoms with Crippen LogP contribution in [0.3, 0.4) is 0 Å². The second kappa shape index (κ2) is 6.19. The molecule has 18 heavy (non-hydrogen) atoms. The van der Waals surface area contributed by atoms with Crippen LogP contribution in [0, 0.1) is 12.8 Å². The summed E-state index contributed by atoms with van der Waals surface area (Å²) in [5.74, 6) is 0.191. The van der Waals surface area contributed by atoms with Gasteiger partial charge >= 0.3 is 0 Å². The normalized spacial score (nSPS) is 10.3. The Labute approximate surface area is 108 Å². The van der Waals surface area contributed by atoms with Crippen molar-refractivity contribution in [3.05, 3.63) is 23.8 Å². The number of rotatable bonds is 4. The number of carbonyl (C=O) groups excluding carboxylic acids is 2. The SMILES string of the molecule is CC(=O)Nc1cc(NC(=O)CC(C)C)ccc1C. The smallest absolute Gasteiger partial charge is 0.224 e. The van der Waals surface area contributed by atoms with Crippen LogP contribution in [0.2, 0.25) is 0 Å². The standard InChI is InChI=1S/C14H20N2O2/c1-9(2)7-14(18)16-12-6-5-10(3)13(8-12)15-11(4)17/h5-6,8-9H,7H2,1-4H3,(H,15,17)(H,16,18). The Morgan fingerprint density at radius 2 is 1.89 bits per heavy atom. The molecule has 0 fully saturated rings. The lowest BCUT2D eigenvalue weighted by molar-refractivity contribution is -0.117. The first-order valence-corrected chi connectivity index (χ1v) is 6.06. The van der Waals surface area contributed by atoms with Gasteiger partial charge in [0, 0.05) is 24.7 Å². The van der Waals surface area contributed by atoms with Gasteiger partial charge < -0.3 is 10.6 Å². The molecule has 1 aromatic rings. The highest BCUT2D eigenvalue weighted by atomic mass is 16.2. The van der Waals surface area contributed by atoms with Crippen LogP contribution in [0.1, 0.15) is 32.8 Å². The molecule has 0 saturated heterocycles. The number of benzene rings is 1. The second-order valence-corrected chi connectivity index (χ2v) is 4.86. The largest absolute Gasteiger partial charge is 0.326 e. The maximum Gasteiger partial charge on any atom is 0.224 e. The Balaban J connectivity index is 2.78. The zero-order chi connectivity index (χ0) is 13.7. The lowest BCUT2D eigenvalue weighted by Crippen LogP contribution is -2.14. The van der Waals surface area contributed by atoms with Crippen LogP contribution < -0.4 is 10.6 Å². The van der Waals surface area contributed by atoms with Crippen LogP contribution >= 0.6 is 0 Å². The quantitative estimate of drug-likeness (QED) is 0.860. The van der Waals surface area contributed by atoms with Gasteiger partial charge in [0.15, 0.2) is 0 Å². The predicted molar refractivity (Wildman–Crippen MR) is 73.6 cm³/mol. The van der Waals surface area contributed by atoms with E-state index in [-0.39, 0.29) is 11.8 Å². The minimum Gasteiger partial charge on any atom is -0.326 e. The van der Waals surface area contributed by atoms with Crippen molar-refractivity contribution in [1.29, 1.82) is 0 Å². The highest BCUT2D eigenvalue weighted by molar-refractivity contribution is 5.93. The molecule has 0 aliphatic carbocycles. The summed E-state index contributed by atoms with van der Waals surface area (Å²) in [6.07, 6.45) is 0.489. The average Bonchev–Trinajstić information content (AvgIpc) is 2.21. The van der Waals surface area contributed by atoms with Gasteiger partial charge in [-0.05, 0) is 30.5 Å². The molecule has 0 bridgehead atoms. The first-order chi connectivity index (χ1) is 8.38. The number of hydrogen-bond donors (Lipinski definition) is 2. The highest BCUT2D eigenvalue weighted by Gasteiger charge is 2.07. The van der Waals surface area contributed by atoms with E-state index >= 15 is 0 Å². The van der Waals surface area contributed by atoms with E-state index in [1.165, 1.54) is 6.92 Å². The number of nitrogens with one attached hydrogen (secondary N) is 2. The molecule has 98 valence electrons. The van der Waals surface area contributed by atoms with Crippen molar-refractivity contribution in [2.45, 2.75) is 34.1 Å². The summed E-state index contributed by atoms with van der Waals surface area (Å²) in [5, 5.41) is 5.56. The molecular formula is C14H20N2O2. The summed E-state index contributed by atoms with van der Waals surface area (Å²) in [6, 6.07) is 5.48. The van der Waals surface area contributed by atoms with Gasteiger partial charge in [-0.1, -0.05) is 19.9 Å². The van der Waals surface area contributed by atoms with E-state index in [2.05, 4.69) is 10.6 Å². The Morgan fingerprint density at radius 3 is 2.44 bits per heavy atom. The summed E-state index contributed by atoms with van der Waals surface area (Å²) in [5.41, 5.74) is 2.40.